The van der Waals surface area contributed by atoms with Gasteiger partial charge in [0.25, 0.3) is 0 Å². The lowest BCUT2D eigenvalue weighted by Gasteiger charge is -2.59. The largest absolute Gasteiger partial charge is 0.324 e. The Hall–Kier alpha value is -0.160. The molecule has 0 aromatic rings. The fourth-order valence-corrected chi connectivity index (χ4v) is 4.69. The van der Waals surface area contributed by atoms with E-state index in [-0.39, 0.29) is 11.1 Å². The van der Waals surface area contributed by atoms with Crippen LogP contribution in [-0.2, 0) is 0 Å². The highest BCUT2D eigenvalue weighted by atomic mass is 15.0. The van der Waals surface area contributed by atoms with Gasteiger partial charge in [-0.25, -0.2) is 0 Å². The van der Waals surface area contributed by atoms with Gasteiger partial charge in [-0.1, -0.05) is 26.7 Å². The molecule has 2 rings (SSSR count). The smallest absolute Gasteiger partial charge is 0.0355 e. The third kappa shape index (κ3) is 2.54. The average Bonchev–Trinajstić information content (AvgIpc) is 2.34. The molecule has 21 heavy (non-hydrogen) atoms. The molecular weight excluding hydrogens is 260 g/mol. The molecule has 0 amide bonds. The number of hydrogen-bond acceptors (Lipinski definition) is 4. The number of hydrogen-bond donors (Lipinski definition) is 4. The molecule has 4 heteroatoms. The Kier molecular flexibility index (Phi) is 4.25. The molecule has 2 aliphatic carbocycles. The van der Waals surface area contributed by atoms with Crippen LogP contribution in [0.15, 0.2) is 0 Å². The lowest BCUT2D eigenvalue weighted by Crippen LogP contribution is -2.77. The van der Waals surface area contributed by atoms with E-state index in [9.17, 15) is 0 Å². The Morgan fingerprint density at radius 3 is 1.43 bits per heavy atom. The zero-order valence-electron chi connectivity index (χ0n) is 14.4. The van der Waals surface area contributed by atoms with Crippen LogP contribution in [0.3, 0.4) is 0 Å². The molecule has 2 saturated carbocycles. The summed E-state index contributed by atoms with van der Waals surface area (Å²) in [5.41, 5.74) is 25.5. The first-order valence-electron chi connectivity index (χ1n) is 8.62. The topological polar surface area (TPSA) is 104 Å². The fraction of sp³-hybridized carbons (Fsp3) is 1.00. The molecular formula is C17H36N4. The van der Waals surface area contributed by atoms with E-state index in [0.717, 1.165) is 44.9 Å². The van der Waals surface area contributed by atoms with Gasteiger partial charge in [-0.3, -0.25) is 0 Å². The van der Waals surface area contributed by atoms with E-state index in [1.807, 2.05) is 0 Å². The van der Waals surface area contributed by atoms with Crippen molar-refractivity contribution >= 4 is 0 Å². The molecule has 8 N–H and O–H groups in total. The summed E-state index contributed by atoms with van der Waals surface area (Å²) in [6.45, 7) is 8.66. The maximum absolute atomic E-state index is 6.85. The molecule has 0 spiro atoms. The molecule has 0 bridgehead atoms. The van der Waals surface area contributed by atoms with Crippen LogP contribution in [0.25, 0.3) is 0 Å². The SMILES string of the molecule is CC1CCCC(N)(CC2(N)CCCC(C)C2(C)N)C1(C)N. The van der Waals surface area contributed by atoms with Gasteiger partial charge in [-0.05, 0) is 57.8 Å². The number of rotatable bonds is 2. The molecule has 0 aromatic carbocycles. The highest BCUT2D eigenvalue weighted by molar-refractivity contribution is 5.18. The van der Waals surface area contributed by atoms with Crippen molar-refractivity contribution < 1.29 is 0 Å². The van der Waals surface area contributed by atoms with Crippen LogP contribution in [-0.4, -0.2) is 22.2 Å². The van der Waals surface area contributed by atoms with Gasteiger partial charge < -0.3 is 22.9 Å². The molecule has 2 aliphatic rings. The van der Waals surface area contributed by atoms with Crippen molar-refractivity contribution in [2.75, 3.05) is 0 Å². The summed E-state index contributed by atoms with van der Waals surface area (Å²) in [6, 6.07) is 0. The lowest BCUT2D eigenvalue weighted by atomic mass is 9.54. The molecule has 0 radical (unpaired) electrons. The first-order valence-corrected chi connectivity index (χ1v) is 8.62. The van der Waals surface area contributed by atoms with E-state index in [2.05, 4.69) is 27.7 Å². The minimum absolute atomic E-state index is 0.381. The molecule has 2 fully saturated rings. The summed E-state index contributed by atoms with van der Waals surface area (Å²) < 4.78 is 0. The highest BCUT2D eigenvalue weighted by Gasteiger charge is 2.56. The van der Waals surface area contributed by atoms with Crippen LogP contribution in [0.2, 0.25) is 0 Å². The van der Waals surface area contributed by atoms with Gasteiger partial charge in [0.2, 0.25) is 0 Å². The van der Waals surface area contributed by atoms with E-state index in [4.69, 9.17) is 22.9 Å². The normalized spacial score (nSPS) is 55.4. The van der Waals surface area contributed by atoms with Gasteiger partial charge in [-0.15, -0.1) is 0 Å². The molecule has 124 valence electrons. The van der Waals surface area contributed by atoms with Crippen molar-refractivity contribution in [3.8, 4) is 0 Å². The lowest BCUT2D eigenvalue weighted by molar-refractivity contribution is 0.0244. The zero-order valence-corrected chi connectivity index (χ0v) is 14.4. The summed E-state index contributed by atoms with van der Waals surface area (Å²) in [5.74, 6) is 0.842. The molecule has 0 aliphatic heterocycles. The van der Waals surface area contributed by atoms with Crippen molar-refractivity contribution in [1.29, 1.82) is 0 Å². The van der Waals surface area contributed by atoms with Gasteiger partial charge in [-0.2, -0.15) is 0 Å². The first kappa shape index (κ1) is 17.2. The van der Waals surface area contributed by atoms with Gasteiger partial charge in [0, 0.05) is 22.2 Å². The second-order valence-corrected chi connectivity index (χ2v) is 8.64. The predicted molar refractivity (Wildman–Crippen MR) is 89.7 cm³/mol. The van der Waals surface area contributed by atoms with E-state index < -0.39 is 11.1 Å². The van der Waals surface area contributed by atoms with E-state index in [1.54, 1.807) is 0 Å². The molecule has 4 nitrogen and oxygen atoms in total. The number of nitrogens with two attached hydrogens (primary N) is 4. The molecule has 6 atom stereocenters. The summed E-state index contributed by atoms with van der Waals surface area (Å²) in [7, 11) is 0. The standard InChI is InChI=1S/C17H36N4/c1-12-7-5-9-16(20,14(12,3)18)11-17(21)10-6-8-13(2)15(17,4)19/h12-13H,5-11,18-21H2,1-4H3. The van der Waals surface area contributed by atoms with Gasteiger partial charge in [0.1, 0.15) is 0 Å². The van der Waals surface area contributed by atoms with Crippen molar-refractivity contribution in [3.63, 3.8) is 0 Å². The van der Waals surface area contributed by atoms with E-state index >= 15 is 0 Å². The van der Waals surface area contributed by atoms with Crippen molar-refractivity contribution in [1.82, 2.24) is 0 Å². The van der Waals surface area contributed by atoms with Crippen LogP contribution in [0.5, 0.6) is 0 Å². The Bertz CT molecular complexity index is 356. The zero-order chi connectivity index (χ0) is 16.1. The average molecular weight is 297 g/mol. The molecule has 6 unspecified atom stereocenters. The van der Waals surface area contributed by atoms with Crippen molar-refractivity contribution in [3.05, 3.63) is 0 Å². The molecule has 0 heterocycles. The Labute approximate surface area is 130 Å². The maximum Gasteiger partial charge on any atom is 0.0355 e. The first-order chi connectivity index (χ1) is 9.46. The van der Waals surface area contributed by atoms with Crippen LogP contribution in [0.1, 0.15) is 72.6 Å². The van der Waals surface area contributed by atoms with Gasteiger partial charge in [0.15, 0.2) is 0 Å². The Balaban J connectivity index is 2.30. The van der Waals surface area contributed by atoms with Crippen LogP contribution >= 0.6 is 0 Å². The molecule has 0 saturated heterocycles. The van der Waals surface area contributed by atoms with E-state index in [0.29, 0.717) is 11.8 Å². The third-order valence-corrected chi connectivity index (χ3v) is 7.34. The van der Waals surface area contributed by atoms with Gasteiger partial charge >= 0.3 is 0 Å². The summed E-state index contributed by atoms with van der Waals surface area (Å²) in [4.78, 5) is 0. The van der Waals surface area contributed by atoms with Crippen LogP contribution < -0.4 is 22.9 Å². The summed E-state index contributed by atoms with van der Waals surface area (Å²) in [5, 5.41) is 0. The second-order valence-electron chi connectivity index (χ2n) is 8.64. The highest BCUT2D eigenvalue weighted by Crippen LogP contribution is 2.47. The fourth-order valence-electron chi connectivity index (χ4n) is 4.69. The second kappa shape index (κ2) is 5.19. The third-order valence-electron chi connectivity index (χ3n) is 7.34. The maximum atomic E-state index is 6.85. The summed E-state index contributed by atoms with van der Waals surface area (Å²) in [6.07, 6.45) is 7.21. The van der Waals surface area contributed by atoms with Crippen LogP contribution in [0, 0.1) is 11.8 Å². The predicted octanol–water partition coefficient (Wildman–Crippen LogP) is 1.85. The molecule has 0 aromatic heterocycles. The summed E-state index contributed by atoms with van der Waals surface area (Å²) >= 11 is 0. The van der Waals surface area contributed by atoms with Crippen LogP contribution in [0.4, 0.5) is 0 Å². The van der Waals surface area contributed by atoms with Crippen molar-refractivity contribution in [2.45, 2.75) is 94.8 Å². The van der Waals surface area contributed by atoms with Gasteiger partial charge in [0.05, 0.1) is 0 Å². The van der Waals surface area contributed by atoms with E-state index in [1.165, 1.54) is 0 Å². The Morgan fingerprint density at radius 2 is 1.10 bits per heavy atom. The Morgan fingerprint density at radius 1 is 0.762 bits per heavy atom. The quantitative estimate of drug-likeness (QED) is 0.624. The monoisotopic (exact) mass is 296 g/mol. The minimum Gasteiger partial charge on any atom is -0.324 e. The minimum atomic E-state index is -0.420. The van der Waals surface area contributed by atoms with Crippen molar-refractivity contribution in [2.24, 2.45) is 34.8 Å².